The number of benzene rings is 13. The van der Waals surface area contributed by atoms with Gasteiger partial charge in [0.25, 0.3) is 0 Å². The highest BCUT2D eigenvalue weighted by atomic mass is 14.5. The highest BCUT2D eigenvalue weighted by molar-refractivity contribution is 6.27. The normalized spacial score (nSPS) is 13.7. The molecule has 13 aromatic rings. The third-order valence-electron chi connectivity index (χ3n) is 14.7. The first-order valence-electron chi connectivity index (χ1n) is 21.5. The van der Waals surface area contributed by atoms with Crippen molar-refractivity contribution in [2.75, 3.05) is 0 Å². The molecule has 0 saturated heterocycles. The van der Waals surface area contributed by atoms with E-state index in [0.29, 0.717) is 0 Å². The molecular weight excluding hydrogens is 733 g/mol. The van der Waals surface area contributed by atoms with Crippen molar-refractivity contribution in [1.82, 2.24) is 0 Å². The molecule has 1 spiro atoms. The molecule has 0 heteroatoms. The molecule has 0 radical (unpaired) electrons. The van der Waals surface area contributed by atoms with E-state index in [9.17, 15) is 0 Å². The SMILES string of the molecule is c1ccc2c(c1)-c1ccccc1C21c2cc(-c3ccc4ccc5cccc6ccc3c4c56)ccc2-c2ccc3cc(-c4ccc5ccc6cccc7ccc4c5c67)ccc3c21. The van der Waals surface area contributed by atoms with E-state index in [1.54, 1.807) is 0 Å². The Labute approximate surface area is 352 Å². The van der Waals surface area contributed by atoms with Gasteiger partial charge in [-0.25, -0.2) is 0 Å². The van der Waals surface area contributed by atoms with Gasteiger partial charge in [-0.15, -0.1) is 0 Å². The Bertz CT molecular complexity index is 3970. The molecule has 0 fully saturated rings. The van der Waals surface area contributed by atoms with Gasteiger partial charge in [-0.3, -0.25) is 0 Å². The zero-order valence-electron chi connectivity index (χ0n) is 33.1. The molecule has 2 aliphatic carbocycles. The Morgan fingerprint density at radius 3 is 1.23 bits per heavy atom. The number of hydrogen-bond acceptors (Lipinski definition) is 0. The first-order chi connectivity index (χ1) is 30.2. The molecule has 0 aliphatic heterocycles. The van der Waals surface area contributed by atoms with Gasteiger partial charge in [0, 0.05) is 0 Å². The molecule has 0 unspecified atom stereocenters. The second kappa shape index (κ2) is 11.3. The Morgan fingerprint density at radius 1 is 0.230 bits per heavy atom. The van der Waals surface area contributed by atoms with E-state index in [1.165, 1.54) is 142 Å². The van der Waals surface area contributed by atoms with Crippen molar-refractivity contribution in [3.8, 4) is 44.5 Å². The van der Waals surface area contributed by atoms with Gasteiger partial charge in [0.2, 0.25) is 0 Å². The molecule has 15 rings (SSSR count). The van der Waals surface area contributed by atoms with Crippen molar-refractivity contribution in [2.45, 2.75) is 5.41 Å². The third-order valence-corrected chi connectivity index (χ3v) is 14.7. The third kappa shape index (κ3) is 3.92. The van der Waals surface area contributed by atoms with Crippen molar-refractivity contribution in [3.63, 3.8) is 0 Å². The van der Waals surface area contributed by atoms with Gasteiger partial charge in [0.05, 0.1) is 5.41 Å². The summed E-state index contributed by atoms with van der Waals surface area (Å²) in [5, 5.41) is 18.4. The average molecular weight is 767 g/mol. The van der Waals surface area contributed by atoms with Crippen LogP contribution in [0.5, 0.6) is 0 Å². The molecule has 0 heterocycles. The van der Waals surface area contributed by atoms with E-state index in [1.807, 2.05) is 0 Å². The molecule has 2 aliphatic rings. The minimum atomic E-state index is -0.480. The van der Waals surface area contributed by atoms with E-state index in [-0.39, 0.29) is 0 Å². The summed E-state index contributed by atoms with van der Waals surface area (Å²) in [6.45, 7) is 0. The monoisotopic (exact) mass is 766 g/mol. The molecule has 0 N–H and O–H groups in total. The lowest BCUT2D eigenvalue weighted by Gasteiger charge is -2.32. The van der Waals surface area contributed by atoms with Gasteiger partial charge in [-0.05, 0) is 154 Å². The minimum absolute atomic E-state index is 0.480. The van der Waals surface area contributed by atoms with Crippen LogP contribution < -0.4 is 0 Å². The average Bonchev–Trinajstić information content (AvgIpc) is 3.79. The quantitative estimate of drug-likeness (QED) is 0.154. The summed E-state index contributed by atoms with van der Waals surface area (Å²) in [6.07, 6.45) is 0. The van der Waals surface area contributed by atoms with E-state index in [2.05, 4.69) is 206 Å². The largest absolute Gasteiger partial charge is 0.0731 e. The molecule has 61 heavy (non-hydrogen) atoms. The zero-order valence-corrected chi connectivity index (χ0v) is 33.1. The van der Waals surface area contributed by atoms with Crippen LogP contribution >= 0.6 is 0 Å². The fourth-order valence-electron chi connectivity index (χ4n) is 12.3. The fourth-order valence-corrected chi connectivity index (χ4v) is 12.3. The lowest BCUT2D eigenvalue weighted by atomic mass is 9.69. The first-order valence-corrected chi connectivity index (χ1v) is 21.5. The summed E-state index contributed by atoms with van der Waals surface area (Å²) in [7, 11) is 0. The van der Waals surface area contributed by atoms with Gasteiger partial charge in [0.1, 0.15) is 0 Å². The highest BCUT2D eigenvalue weighted by Gasteiger charge is 2.52. The van der Waals surface area contributed by atoms with Crippen LogP contribution in [0.4, 0.5) is 0 Å². The number of fused-ring (bicyclic) bond motifs is 12. The van der Waals surface area contributed by atoms with Crippen LogP contribution in [0, 0.1) is 0 Å². The maximum absolute atomic E-state index is 2.55. The summed E-state index contributed by atoms with van der Waals surface area (Å²) in [4.78, 5) is 0. The maximum Gasteiger partial charge on any atom is 0.0731 e. The molecule has 0 amide bonds. The lowest BCUT2D eigenvalue weighted by Crippen LogP contribution is -2.26. The van der Waals surface area contributed by atoms with Crippen LogP contribution in [0.15, 0.2) is 206 Å². The second-order valence-electron chi connectivity index (χ2n) is 17.5. The molecule has 0 bridgehead atoms. The van der Waals surface area contributed by atoms with E-state index in [4.69, 9.17) is 0 Å². The van der Waals surface area contributed by atoms with Crippen molar-refractivity contribution >= 4 is 75.4 Å². The molecular formula is C61H34. The number of hydrogen-bond donors (Lipinski definition) is 0. The Morgan fingerprint density at radius 2 is 0.639 bits per heavy atom. The predicted octanol–water partition coefficient (Wildman–Crippen LogP) is 16.3. The number of rotatable bonds is 2. The summed E-state index contributed by atoms with van der Waals surface area (Å²) >= 11 is 0. The smallest absolute Gasteiger partial charge is 0.0619 e. The molecule has 0 aromatic heterocycles. The topological polar surface area (TPSA) is 0 Å². The van der Waals surface area contributed by atoms with Crippen LogP contribution in [0.1, 0.15) is 22.3 Å². The van der Waals surface area contributed by atoms with E-state index < -0.39 is 5.41 Å². The highest BCUT2D eigenvalue weighted by Crippen LogP contribution is 2.64. The van der Waals surface area contributed by atoms with Gasteiger partial charge < -0.3 is 0 Å². The summed E-state index contributed by atoms with van der Waals surface area (Å²) in [5.74, 6) is 0. The van der Waals surface area contributed by atoms with Crippen molar-refractivity contribution in [3.05, 3.63) is 229 Å². The van der Waals surface area contributed by atoms with Crippen LogP contribution in [-0.4, -0.2) is 0 Å². The minimum Gasteiger partial charge on any atom is -0.0619 e. The van der Waals surface area contributed by atoms with E-state index in [0.717, 1.165) is 0 Å². The van der Waals surface area contributed by atoms with Crippen molar-refractivity contribution in [2.24, 2.45) is 0 Å². The van der Waals surface area contributed by atoms with Crippen LogP contribution in [-0.2, 0) is 5.41 Å². The van der Waals surface area contributed by atoms with Gasteiger partial charge in [-0.1, -0.05) is 194 Å². The second-order valence-corrected chi connectivity index (χ2v) is 17.5. The molecule has 278 valence electrons. The van der Waals surface area contributed by atoms with Crippen molar-refractivity contribution in [1.29, 1.82) is 0 Å². The fraction of sp³-hybridized carbons (Fsp3) is 0.0164. The standard InChI is InChI=1S/C61H34/c1-3-13-53-47(11-1)48-12-2-4-14-54(48)61(53)55-34-43(45-27-20-40-18-16-36-8-6-10-38-22-31-51(45)59(40)57(36)38)24-29-49(55)52-32-25-42-33-41(23-28-46(42)60(52)61)44-26-19-39-17-15-35-7-5-9-37-21-30-50(44)58(39)56(35)37/h1-34H. The van der Waals surface area contributed by atoms with Gasteiger partial charge in [0.15, 0.2) is 0 Å². The Kier molecular flexibility index (Phi) is 5.93. The maximum atomic E-state index is 2.55. The molecule has 0 saturated carbocycles. The van der Waals surface area contributed by atoms with Crippen molar-refractivity contribution < 1.29 is 0 Å². The summed E-state index contributed by atoms with van der Waals surface area (Å²) < 4.78 is 0. The van der Waals surface area contributed by atoms with Crippen LogP contribution in [0.25, 0.3) is 120 Å². The van der Waals surface area contributed by atoms with Crippen LogP contribution in [0.2, 0.25) is 0 Å². The first kappa shape index (κ1) is 32.1. The van der Waals surface area contributed by atoms with E-state index >= 15 is 0 Å². The lowest BCUT2D eigenvalue weighted by molar-refractivity contribution is 0.801. The summed E-state index contributed by atoms with van der Waals surface area (Å²) in [6, 6.07) is 78.8. The Hall–Kier alpha value is -7.80. The summed E-state index contributed by atoms with van der Waals surface area (Å²) in [5.41, 5.74) is 15.4. The predicted molar refractivity (Wildman–Crippen MR) is 259 cm³/mol. The van der Waals surface area contributed by atoms with Gasteiger partial charge >= 0.3 is 0 Å². The van der Waals surface area contributed by atoms with Gasteiger partial charge in [-0.2, -0.15) is 0 Å². The van der Waals surface area contributed by atoms with Crippen LogP contribution in [0.3, 0.4) is 0 Å². The molecule has 0 nitrogen and oxygen atoms in total. The Balaban J connectivity index is 0.995. The molecule has 13 aromatic carbocycles. The molecule has 0 atom stereocenters. The zero-order chi connectivity index (χ0) is 39.6.